The van der Waals surface area contributed by atoms with Gasteiger partial charge in [0.25, 0.3) is 0 Å². The number of amides is 1. The highest BCUT2D eigenvalue weighted by molar-refractivity contribution is 7.94. The first-order valence-corrected chi connectivity index (χ1v) is 7.03. The Bertz CT molecular complexity index is 192. The lowest BCUT2D eigenvalue weighted by molar-refractivity contribution is 0.143. The van der Waals surface area contributed by atoms with E-state index in [0.29, 0.717) is 13.2 Å². The van der Waals surface area contributed by atoms with E-state index >= 15 is 0 Å². The summed E-state index contributed by atoms with van der Waals surface area (Å²) in [7, 11) is 0. The quantitative estimate of drug-likeness (QED) is 0.425. The van der Waals surface area contributed by atoms with Gasteiger partial charge in [-0.15, -0.1) is 0 Å². The van der Waals surface area contributed by atoms with Gasteiger partial charge in [0.1, 0.15) is 6.61 Å². The summed E-state index contributed by atoms with van der Waals surface area (Å²) in [6.45, 7) is 4.23. The van der Waals surface area contributed by atoms with Crippen LogP contribution in [-0.2, 0) is 4.74 Å². The number of ether oxygens (including phenoxy) is 1. The maximum atomic E-state index is 10.9. The van der Waals surface area contributed by atoms with Crippen molar-refractivity contribution in [1.29, 1.82) is 0 Å². The van der Waals surface area contributed by atoms with Crippen molar-refractivity contribution in [2.24, 2.45) is 0 Å². The highest BCUT2D eigenvalue weighted by atomic mass is 32.2. The Balaban J connectivity index is 3.06. The van der Waals surface area contributed by atoms with Crippen molar-refractivity contribution >= 4 is 31.7 Å². The van der Waals surface area contributed by atoms with Crippen molar-refractivity contribution in [1.82, 2.24) is 9.03 Å². The van der Waals surface area contributed by atoms with Crippen LogP contribution in [0.4, 0.5) is 4.79 Å². The summed E-state index contributed by atoms with van der Waals surface area (Å²) in [5, 5.41) is 3.22. The summed E-state index contributed by atoms with van der Waals surface area (Å²) in [6, 6.07) is 0. The molecule has 0 fully saturated rings. The molecule has 102 valence electrons. The van der Waals surface area contributed by atoms with Crippen LogP contribution in [0.15, 0.2) is 0 Å². The second kappa shape index (κ2) is 12.4. The van der Waals surface area contributed by atoms with E-state index in [1.165, 1.54) is 38.5 Å². The van der Waals surface area contributed by atoms with Crippen LogP contribution in [0.1, 0.15) is 45.4 Å². The molecule has 0 saturated heterocycles. The minimum Gasteiger partial charge on any atom is -0.447 e. The van der Waals surface area contributed by atoms with Crippen molar-refractivity contribution in [2.75, 3.05) is 19.7 Å². The molecule has 0 aliphatic heterocycles. The molecule has 0 aromatic carbocycles. The van der Waals surface area contributed by atoms with Crippen LogP contribution in [0.25, 0.3) is 0 Å². The largest absolute Gasteiger partial charge is 0.447 e. The van der Waals surface area contributed by atoms with Gasteiger partial charge in [-0.3, -0.25) is 0 Å². The van der Waals surface area contributed by atoms with Crippen LogP contribution < -0.4 is 5.32 Å². The molecule has 1 amide bonds. The molecular weight excluding hydrogens is 256 g/mol. The van der Waals surface area contributed by atoms with Gasteiger partial charge in [-0.25, -0.2) is 4.79 Å². The van der Waals surface area contributed by atoms with E-state index < -0.39 is 6.09 Å². The number of hydrogen-bond donors (Lipinski definition) is 3. The first kappa shape index (κ1) is 16.9. The second-order valence-electron chi connectivity index (χ2n) is 3.92. The normalized spacial score (nSPS) is 10.3. The van der Waals surface area contributed by atoms with Crippen molar-refractivity contribution < 1.29 is 9.53 Å². The number of carbonyl (C=O) groups excluding carboxylic acids is 1. The molecule has 17 heavy (non-hydrogen) atoms. The molecular formula is C11H24N2O2S2. The van der Waals surface area contributed by atoms with E-state index in [1.54, 1.807) is 0 Å². The average molecular weight is 280 g/mol. The number of thiol groups is 2. The van der Waals surface area contributed by atoms with Gasteiger partial charge in [-0.05, 0) is 38.6 Å². The van der Waals surface area contributed by atoms with E-state index in [1.807, 2.05) is 0 Å². The Hall–Kier alpha value is -0.0700. The summed E-state index contributed by atoms with van der Waals surface area (Å²) in [5.74, 6) is 0. The molecule has 4 nitrogen and oxygen atoms in total. The van der Waals surface area contributed by atoms with Gasteiger partial charge in [0.05, 0.1) is 0 Å². The third kappa shape index (κ3) is 12.2. The molecule has 0 bridgehead atoms. The van der Waals surface area contributed by atoms with Crippen LogP contribution in [0.5, 0.6) is 0 Å². The lowest BCUT2D eigenvalue weighted by Crippen LogP contribution is -2.24. The van der Waals surface area contributed by atoms with Gasteiger partial charge in [0.15, 0.2) is 0 Å². The number of unbranched alkanes of at least 4 members (excludes halogenated alkanes) is 5. The maximum absolute atomic E-state index is 10.9. The van der Waals surface area contributed by atoms with Gasteiger partial charge >= 0.3 is 6.09 Å². The molecule has 0 aromatic heterocycles. The highest BCUT2D eigenvalue weighted by Gasteiger charge is 2.04. The van der Waals surface area contributed by atoms with E-state index in [-0.39, 0.29) is 0 Å². The Labute approximate surface area is 116 Å². The Kier molecular flexibility index (Phi) is 12.3. The number of rotatable bonds is 10. The summed E-state index contributed by atoms with van der Waals surface area (Å²) in [4.78, 5) is 10.9. The summed E-state index contributed by atoms with van der Waals surface area (Å²) in [5.41, 5.74) is 0. The lowest BCUT2D eigenvalue weighted by atomic mass is 10.1. The fourth-order valence-corrected chi connectivity index (χ4v) is 1.54. The highest BCUT2D eigenvalue weighted by Crippen LogP contribution is 2.04. The molecule has 0 aliphatic carbocycles. The fraction of sp³-hybridized carbons (Fsp3) is 0.909. The minimum absolute atomic E-state index is 0.353. The van der Waals surface area contributed by atoms with Crippen LogP contribution in [-0.4, -0.2) is 29.5 Å². The van der Waals surface area contributed by atoms with E-state index in [4.69, 9.17) is 4.74 Å². The molecule has 0 aliphatic rings. The van der Waals surface area contributed by atoms with Gasteiger partial charge < -0.3 is 10.1 Å². The Morgan fingerprint density at radius 1 is 1.12 bits per heavy atom. The lowest BCUT2D eigenvalue weighted by Gasteiger charge is -2.09. The molecule has 0 spiro atoms. The summed E-state index contributed by atoms with van der Waals surface area (Å²) < 4.78 is 5.66. The number of nitrogens with zero attached hydrogens (tertiary/aromatic N) is 1. The summed E-state index contributed by atoms with van der Waals surface area (Å²) >= 11 is 7.39. The molecule has 0 saturated carbocycles. The van der Waals surface area contributed by atoms with Crippen LogP contribution >= 0.6 is 25.6 Å². The second-order valence-corrected chi connectivity index (χ2v) is 5.04. The fourth-order valence-electron chi connectivity index (χ4n) is 1.42. The molecule has 0 aromatic rings. The molecule has 0 rings (SSSR count). The van der Waals surface area contributed by atoms with Crippen molar-refractivity contribution in [3.8, 4) is 0 Å². The van der Waals surface area contributed by atoms with Crippen LogP contribution in [0.2, 0.25) is 0 Å². The number of nitrogens with one attached hydrogen (secondary N) is 1. The first-order valence-electron chi connectivity index (χ1n) is 6.23. The van der Waals surface area contributed by atoms with Crippen LogP contribution in [0, 0.1) is 0 Å². The number of hydrogen-bond acceptors (Lipinski definition) is 5. The molecule has 0 unspecified atom stereocenters. The molecule has 0 atom stereocenters. The number of carbonyl (C=O) groups is 1. The van der Waals surface area contributed by atoms with Crippen molar-refractivity contribution in [3.63, 3.8) is 0 Å². The third-order valence-corrected chi connectivity index (χ3v) is 2.70. The predicted molar refractivity (Wildman–Crippen MR) is 77.4 cm³/mol. The first-order chi connectivity index (χ1) is 8.18. The molecule has 0 radical (unpaired) electrons. The van der Waals surface area contributed by atoms with Crippen LogP contribution in [0.3, 0.4) is 0 Å². The zero-order valence-corrected chi connectivity index (χ0v) is 12.3. The zero-order valence-electron chi connectivity index (χ0n) is 10.5. The zero-order chi connectivity index (χ0) is 12.9. The SMILES string of the molecule is CCCCCCCCNCCOC(=O)N(S)S. The van der Waals surface area contributed by atoms with Gasteiger partial charge in [0.2, 0.25) is 0 Å². The van der Waals surface area contributed by atoms with E-state index in [9.17, 15) is 4.79 Å². The topological polar surface area (TPSA) is 41.6 Å². The Morgan fingerprint density at radius 3 is 2.41 bits per heavy atom. The predicted octanol–water partition coefficient (Wildman–Crippen LogP) is 3.06. The van der Waals surface area contributed by atoms with E-state index in [2.05, 4.69) is 37.9 Å². The third-order valence-electron chi connectivity index (χ3n) is 2.37. The molecule has 1 N–H and O–H groups in total. The standard InChI is InChI=1S/C11H24N2O2S2/c1-2-3-4-5-6-7-8-12-9-10-15-11(14)13(16)17/h12,16-17H,2-10H2,1H3. The Morgan fingerprint density at radius 2 is 1.76 bits per heavy atom. The molecule has 6 heteroatoms. The van der Waals surface area contributed by atoms with Gasteiger partial charge in [-0.1, -0.05) is 39.0 Å². The monoisotopic (exact) mass is 280 g/mol. The molecule has 0 heterocycles. The van der Waals surface area contributed by atoms with Crippen molar-refractivity contribution in [3.05, 3.63) is 0 Å². The minimum atomic E-state index is -0.543. The van der Waals surface area contributed by atoms with Gasteiger partial charge in [0, 0.05) is 6.54 Å². The van der Waals surface area contributed by atoms with Crippen molar-refractivity contribution in [2.45, 2.75) is 45.4 Å². The average Bonchev–Trinajstić information content (AvgIpc) is 2.31. The maximum Gasteiger partial charge on any atom is 0.429 e. The van der Waals surface area contributed by atoms with E-state index in [0.717, 1.165) is 10.3 Å². The summed E-state index contributed by atoms with van der Waals surface area (Å²) in [6.07, 6.45) is 7.20. The smallest absolute Gasteiger partial charge is 0.429 e. The van der Waals surface area contributed by atoms with Gasteiger partial charge in [-0.2, -0.15) is 3.71 Å².